The van der Waals surface area contributed by atoms with Gasteiger partial charge in [0.15, 0.2) is 11.9 Å². The number of thiophene rings is 1. The number of alkyl halides is 2. The number of esters is 1. The number of aromatic nitrogens is 2. The molecule has 0 spiro atoms. The number of carbonyl (C=O) groups excluding carboxylic acids is 1. The number of halogens is 2. The molecule has 3 rings (SSSR count). The van der Waals surface area contributed by atoms with Crippen molar-refractivity contribution < 1.29 is 18.3 Å². The van der Waals surface area contributed by atoms with E-state index in [1.54, 1.807) is 43.3 Å². The zero-order chi connectivity index (χ0) is 16.6. The maximum Gasteiger partial charge on any atom is 0.349 e. The van der Waals surface area contributed by atoms with Gasteiger partial charge in [-0.1, -0.05) is 12.1 Å². The van der Waals surface area contributed by atoms with Crippen LogP contribution in [0, 0.1) is 6.92 Å². The topological polar surface area (TPSA) is 44.1 Å². The van der Waals surface area contributed by atoms with Crippen LogP contribution in [0.2, 0.25) is 0 Å². The summed E-state index contributed by atoms with van der Waals surface area (Å²) in [5, 5.41) is 0. The van der Waals surface area contributed by atoms with Gasteiger partial charge in [0.1, 0.15) is 4.88 Å². The van der Waals surface area contributed by atoms with Gasteiger partial charge < -0.3 is 4.74 Å². The van der Waals surface area contributed by atoms with Gasteiger partial charge in [0.25, 0.3) is 0 Å². The number of imidazole rings is 1. The molecule has 7 heteroatoms. The first-order chi connectivity index (χ1) is 11.0. The van der Waals surface area contributed by atoms with Gasteiger partial charge in [-0.15, -0.1) is 11.3 Å². The predicted molar refractivity (Wildman–Crippen MR) is 83.9 cm³/mol. The largest absolute Gasteiger partial charge is 0.450 e. The average molecular weight is 336 g/mol. The van der Waals surface area contributed by atoms with Gasteiger partial charge >= 0.3 is 12.5 Å². The lowest BCUT2D eigenvalue weighted by atomic mass is 10.3. The van der Waals surface area contributed by atoms with E-state index in [1.807, 2.05) is 6.92 Å². The molecule has 23 heavy (non-hydrogen) atoms. The Kier molecular flexibility index (Phi) is 4.12. The number of benzene rings is 1. The van der Waals surface area contributed by atoms with Crippen LogP contribution >= 0.6 is 11.3 Å². The van der Waals surface area contributed by atoms with Gasteiger partial charge in [-0.25, -0.2) is 9.78 Å². The quantitative estimate of drug-likeness (QED) is 0.648. The fraction of sp³-hybridized carbons (Fsp3) is 0.250. The first-order valence-electron chi connectivity index (χ1n) is 7.00. The van der Waals surface area contributed by atoms with Gasteiger partial charge in [0.2, 0.25) is 0 Å². The highest BCUT2D eigenvalue weighted by Crippen LogP contribution is 2.29. The Hall–Kier alpha value is -2.28. The number of hydrogen-bond donors (Lipinski definition) is 0. The number of carbonyl (C=O) groups is 1. The smallest absolute Gasteiger partial charge is 0.349 e. The molecular weight excluding hydrogens is 322 g/mol. The van der Waals surface area contributed by atoms with Crippen LogP contribution in [0.5, 0.6) is 0 Å². The second-order valence-electron chi connectivity index (χ2n) is 5.06. The summed E-state index contributed by atoms with van der Waals surface area (Å²) in [6.07, 6.45) is -0.883. The first-order valence-corrected chi connectivity index (χ1v) is 7.81. The lowest BCUT2D eigenvalue weighted by Gasteiger charge is -2.14. The molecule has 2 aromatic heterocycles. The lowest BCUT2D eigenvalue weighted by Crippen LogP contribution is -2.14. The molecule has 3 aromatic rings. The lowest BCUT2D eigenvalue weighted by molar-refractivity contribution is 0.0238. The van der Waals surface area contributed by atoms with Crippen LogP contribution < -0.4 is 0 Å². The summed E-state index contributed by atoms with van der Waals surface area (Å²) in [6, 6.07) is 10.1. The van der Waals surface area contributed by atoms with E-state index >= 15 is 0 Å². The first kappa shape index (κ1) is 15.6. The van der Waals surface area contributed by atoms with E-state index in [9.17, 15) is 13.6 Å². The molecule has 0 N–H and O–H groups in total. The monoisotopic (exact) mass is 336 g/mol. The third-order valence-electron chi connectivity index (χ3n) is 3.41. The highest BCUT2D eigenvalue weighted by molar-refractivity contribution is 7.13. The summed E-state index contributed by atoms with van der Waals surface area (Å²) in [6.45, 7) is 0.655. The Labute approximate surface area is 135 Å². The van der Waals surface area contributed by atoms with E-state index < -0.39 is 18.6 Å². The number of fused-ring (bicyclic) bond motifs is 1. The maximum atomic E-state index is 13.4. The molecule has 0 aliphatic heterocycles. The van der Waals surface area contributed by atoms with E-state index in [4.69, 9.17) is 4.74 Å². The van der Waals surface area contributed by atoms with Crippen molar-refractivity contribution in [3.8, 4) is 0 Å². The van der Waals surface area contributed by atoms with E-state index in [2.05, 4.69) is 4.98 Å². The third kappa shape index (κ3) is 2.96. The molecule has 0 radical (unpaired) electrons. The second-order valence-corrected chi connectivity index (χ2v) is 6.35. The molecule has 1 atom stereocenters. The molecule has 2 heterocycles. The van der Waals surface area contributed by atoms with Crippen LogP contribution in [-0.2, 0) is 4.74 Å². The van der Waals surface area contributed by atoms with E-state index in [0.29, 0.717) is 15.9 Å². The Bertz CT molecular complexity index is 857. The molecular formula is C16H14F2N2O2S. The molecule has 120 valence electrons. The normalized spacial score (nSPS) is 12.7. The van der Waals surface area contributed by atoms with Gasteiger partial charge in [-0.05, 0) is 38.1 Å². The summed E-state index contributed by atoms with van der Waals surface area (Å²) in [5.41, 5.74) is 0.755. The predicted octanol–water partition coefficient (Wildman–Crippen LogP) is 4.72. The molecule has 0 aliphatic carbocycles. The van der Waals surface area contributed by atoms with Crippen molar-refractivity contribution in [2.24, 2.45) is 0 Å². The van der Waals surface area contributed by atoms with E-state index in [-0.39, 0.29) is 5.82 Å². The zero-order valence-corrected chi connectivity index (χ0v) is 13.3. The van der Waals surface area contributed by atoms with Gasteiger partial charge in [0, 0.05) is 4.88 Å². The summed E-state index contributed by atoms with van der Waals surface area (Å²) in [5.74, 6) is -0.508. The van der Waals surface area contributed by atoms with Gasteiger partial charge in [-0.2, -0.15) is 8.78 Å². The Morgan fingerprint density at radius 1 is 1.26 bits per heavy atom. The molecule has 0 saturated carbocycles. The highest BCUT2D eigenvalue weighted by Gasteiger charge is 2.24. The van der Waals surface area contributed by atoms with Crippen LogP contribution in [0.15, 0.2) is 36.4 Å². The van der Waals surface area contributed by atoms with Crippen molar-refractivity contribution in [1.82, 2.24) is 9.55 Å². The highest BCUT2D eigenvalue weighted by atomic mass is 32.1. The fourth-order valence-corrected chi connectivity index (χ4v) is 3.12. The van der Waals surface area contributed by atoms with Crippen molar-refractivity contribution in [1.29, 1.82) is 0 Å². The Balaban J connectivity index is 1.93. The van der Waals surface area contributed by atoms with Crippen LogP contribution in [-0.4, -0.2) is 15.5 Å². The Morgan fingerprint density at radius 3 is 2.65 bits per heavy atom. The van der Waals surface area contributed by atoms with Crippen molar-refractivity contribution in [3.63, 3.8) is 0 Å². The number of nitrogens with zero attached hydrogens (tertiary/aromatic N) is 2. The van der Waals surface area contributed by atoms with Crippen LogP contribution in [0.4, 0.5) is 8.78 Å². The second kappa shape index (κ2) is 6.08. The molecule has 1 aromatic carbocycles. The third-order valence-corrected chi connectivity index (χ3v) is 4.39. The zero-order valence-electron chi connectivity index (χ0n) is 12.5. The molecule has 0 aliphatic rings. The molecule has 4 nitrogen and oxygen atoms in total. The molecule has 0 amide bonds. The summed E-state index contributed by atoms with van der Waals surface area (Å²) < 4.78 is 32.9. The van der Waals surface area contributed by atoms with Crippen molar-refractivity contribution in [2.45, 2.75) is 26.5 Å². The minimum Gasteiger partial charge on any atom is -0.450 e. The molecule has 0 bridgehead atoms. The van der Waals surface area contributed by atoms with Crippen molar-refractivity contribution in [2.75, 3.05) is 0 Å². The van der Waals surface area contributed by atoms with E-state index in [1.165, 1.54) is 11.3 Å². The van der Waals surface area contributed by atoms with Crippen LogP contribution in [0.3, 0.4) is 0 Å². The number of hydrogen-bond acceptors (Lipinski definition) is 4. The standard InChI is InChI=1S/C16H14F2N2O2S/c1-9-7-8-13(23-9)15(21)22-10(2)14-19-11-5-3-4-6-12(11)20(14)16(17)18/h3-8,10,16H,1-2H3. The number of ether oxygens (including phenoxy) is 1. The van der Waals surface area contributed by atoms with E-state index in [0.717, 1.165) is 9.44 Å². The minimum absolute atomic E-state index is 0.0304. The Morgan fingerprint density at radius 2 is 2.00 bits per heavy atom. The molecule has 0 fully saturated rings. The minimum atomic E-state index is -2.76. The van der Waals surface area contributed by atoms with Crippen LogP contribution in [0.25, 0.3) is 11.0 Å². The molecule has 1 unspecified atom stereocenters. The number of para-hydroxylation sites is 2. The van der Waals surface area contributed by atoms with Crippen molar-refractivity contribution in [3.05, 3.63) is 52.0 Å². The average Bonchev–Trinajstić information content (AvgIpc) is 3.10. The summed E-state index contributed by atoms with van der Waals surface area (Å²) in [7, 11) is 0. The van der Waals surface area contributed by atoms with Crippen LogP contribution in [0.1, 0.15) is 40.0 Å². The number of rotatable bonds is 4. The summed E-state index contributed by atoms with van der Waals surface area (Å²) >= 11 is 1.30. The summed E-state index contributed by atoms with van der Waals surface area (Å²) in [4.78, 5) is 17.7. The SMILES string of the molecule is Cc1ccc(C(=O)OC(C)c2nc3ccccc3n2C(F)F)s1. The van der Waals surface area contributed by atoms with Gasteiger partial charge in [-0.3, -0.25) is 4.57 Å². The maximum absolute atomic E-state index is 13.4. The number of aryl methyl sites for hydroxylation is 1. The van der Waals surface area contributed by atoms with Gasteiger partial charge in [0.05, 0.1) is 11.0 Å². The fourth-order valence-electron chi connectivity index (χ4n) is 2.37. The van der Waals surface area contributed by atoms with Crippen molar-refractivity contribution >= 4 is 28.3 Å². The molecule has 0 saturated heterocycles.